The summed E-state index contributed by atoms with van der Waals surface area (Å²) in [5, 5.41) is 0.0625. The van der Waals surface area contributed by atoms with Crippen LogP contribution in [0, 0.1) is 0 Å². The van der Waals surface area contributed by atoms with Crippen molar-refractivity contribution in [2.24, 2.45) is 0 Å². The van der Waals surface area contributed by atoms with Crippen LogP contribution in [0.25, 0.3) is 16.6 Å². The van der Waals surface area contributed by atoms with Crippen LogP contribution < -0.4 is 24.5 Å². The fraction of sp³-hybridized carbons (Fsp3) is 0.400. The zero-order valence-corrected chi connectivity index (χ0v) is 21.6. The third-order valence-corrected chi connectivity index (χ3v) is 6.51. The van der Waals surface area contributed by atoms with E-state index in [0.29, 0.717) is 40.0 Å². The van der Waals surface area contributed by atoms with E-state index in [1.165, 1.54) is 37.7 Å². The predicted octanol–water partition coefficient (Wildman–Crippen LogP) is 4.24. The summed E-state index contributed by atoms with van der Waals surface area (Å²) in [6.45, 7) is 4.01. The molecule has 188 valence electrons. The number of carbonyl (C=O) groups excluding carboxylic acids is 1. The molecule has 0 aliphatic heterocycles. The van der Waals surface area contributed by atoms with Crippen LogP contribution >= 0.6 is 11.8 Å². The highest BCUT2D eigenvalue weighted by Gasteiger charge is 2.27. The number of fused-ring (bicyclic) bond motifs is 1. The van der Waals surface area contributed by atoms with Crippen molar-refractivity contribution in [2.75, 3.05) is 35.0 Å². The minimum atomic E-state index is -0.542. The number of aromatic nitrogens is 2. The molecule has 3 aromatic rings. The van der Waals surface area contributed by atoms with Gasteiger partial charge in [0.05, 0.1) is 46.1 Å². The lowest BCUT2D eigenvalue weighted by atomic mass is 10.2. The molecule has 0 aliphatic carbocycles. The van der Waals surface area contributed by atoms with Gasteiger partial charge in [0.1, 0.15) is 16.5 Å². The lowest BCUT2D eigenvalue weighted by molar-refractivity contribution is -0.142. The minimum Gasteiger partial charge on any atom is -0.497 e. The summed E-state index contributed by atoms with van der Waals surface area (Å²) in [7, 11) is 6.01. The molecular weight excluding hydrogens is 472 g/mol. The molecule has 3 rings (SSSR count). The topological polar surface area (TPSA) is 98.1 Å². The SMILES string of the molecule is CCCC(Sc1nc2c(OC)c(OC)c(OC)cc2c(=O)n1-c1ccc(OC)cc1)C(=O)OCC. The molecule has 0 spiro atoms. The van der Waals surface area contributed by atoms with Gasteiger partial charge in [0.2, 0.25) is 5.75 Å². The summed E-state index contributed by atoms with van der Waals surface area (Å²) in [4.78, 5) is 31.4. The molecule has 1 unspecified atom stereocenters. The average Bonchev–Trinajstić information content (AvgIpc) is 2.87. The highest BCUT2D eigenvalue weighted by Crippen LogP contribution is 2.42. The highest BCUT2D eigenvalue weighted by atomic mass is 32.2. The van der Waals surface area contributed by atoms with Crippen molar-refractivity contribution in [3.8, 4) is 28.7 Å². The third-order valence-electron chi connectivity index (χ3n) is 5.31. The Balaban J connectivity index is 2.34. The minimum absolute atomic E-state index is 0.265. The Morgan fingerprint density at radius 3 is 2.23 bits per heavy atom. The quantitative estimate of drug-likeness (QED) is 0.217. The van der Waals surface area contributed by atoms with E-state index in [1.807, 2.05) is 6.92 Å². The van der Waals surface area contributed by atoms with Crippen molar-refractivity contribution in [2.45, 2.75) is 37.1 Å². The Kier molecular flexibility index (Phi) is 8.86. The maximum atomic E-state index is 13.9. The first-order chi connectivity index (χ1) is 16.9. The molecule has 0 bridgehead atoms. The molecule has 2 aromatic carbocycles. The van der Waals surface area contributed by atoms with E-state index in [0.717, 1.165) is 6.42 Å². The molecule has 1 atom stereocenters. The first-order valence-electron chi connectivity index (χ1n) is 11.2. The number of methoxy groups -OCH3 is 4. The van der Waals surface area contributed by atoms with Crippen molar-refractivity contribution < 1.29 is 28.5 Å². The Hall–Kier alpha value is -3.40. The summed E-state index contributed by atoms with van der Waals surface area (Å²) < 4.78 is 28.5. The van der Waals surface area contributed by atoms with E-state index >= 15 is 0 Å². The van der Waals surface area contributed by atoms with E-state index < -0.39 is 5.25 Å². The van der Waals surface area contributed by atoms with E-state index in [-0.39, 0.29) is 29.3 Å². The van der Waals surface area contributed by atoms with Crippen molar-refractivity contribution in [1.82, 2.24) is 9.55 Å². The lowest BCUT2D eigenvalue weighted by Gasteiger charge is -2.20. The van der Waals surface area contributed by atoms with E-state index in [2.05, 4.69) is 0 Å². The number of thioether (sulfide) groups is 1. The lowest BCUT2D eigenvalue weighted by Crippen LogP contribution is -2.26. The number of hydrogen-bond donors (Lipinski definition) is 0. The second-order valence-corrected chi connectivity index (χ2v) is 8.59. The fourth-order valence-corrected chi connectivity index (χ4v) is 4.87. The maximum Gasteiger partial charge on any atom is 0.319 e. The van der Waals surface area contributed by atoms with Gasteiger partial charge < -0.3 is 23.7 Å². The second-order valence-electron chi connectivity index (χ2n) is 7.42. The van der Waals surface area contributed by atoms with Gasteiger partial charge in [-0.15, -0.1) is 0 Å². The number of hydrogen-bond acceptors (Lipinski definition) is 9. The van der Waals surface area contributed by atoms with Gasteiger partial charge in [-0.25, -0.2) is 4.98 Å². The van der Waals surface area contributed by atoms with E-state index in [9.17, 15) is 9.59 Å². The van der Waals surface area contributed by atoms with Crippen LogP contribution in [-0.4, -0.2) is 55.8 Å². The number of carbonyl (C=O) groups is 1. The maximum absolute atomic E-state index is 13.9. The standard InChI is InChI=1S/C25H30N2O7S/c1-7-9-19(24(29)34-8-2)35-25-26-20-17(14-18(31-4)21(32-5)22(20)33-6)23(28)27(25)15-10-12-16(30-3)13-11-15/h10-14,19H,7-9H2,1-6H3. The molecule has 0 N–H and O–H groups in total. The smallest absolute Gasteiger partial charge is 0.319 e. The normalized spacial score (nSPS) is 11.7. The molecule has 1 aromatic heterocycles. The highest BCUT2D eigenvalue weighted by molar-refractivity contribution is 8.00. The molecular formula is C25H30N2O7S. The zero-order chi connectivity index (χ0) is 25.5. The molecule has 10 heteroatoms. The van der Waals surface area contributed by atoms with Crippen LogP contribution in [0.5, 0.6) is 23.0 Å². The van der Waals surface area contributed by atoms with Crippen molar-refractivity contribution in [3.63, 3.8) is 0 Å². The average molecular weight is 503 g/mol. The Labute approximate surface area is 208 Å². The van der Waals surface area contributed by atoms with Gasteiger partial charge in [0.25, 0.3) is 5.56 Å². The van der Waals surface area contributed by atoms with E-state index in [1.54, 1.807) is 44.4 Å². The van der Waals surface area contributed by atoms with Gasteiger partial charge in [0.15, 0.2) is 16.7 Å². The molecule has 0 saturated heterocycles. The molecule has 0 aliphatic rings. The molecule has 0 fully saturated rings. The monoisotopic (exact) mass is 502 g/mol. The van der Waals surface area contributed by atoms with Gasteiger partial charge in [0, 0.05) is 0 Å². The van der Waals surface area contributed by atoms with Crippen LogP contribution in [-0.2, 0) is 9.53 Å². The van der Waals surface area contributed by atoms with Crippen LogP contribution in [0.4, 0.5) is 0 Å². The molecule has 0 saturated carbocycles. The second kappa shape index (κ2) is 11.8. The summed E-state index contributed by atoms with van der Waals surface area (Å²) in [5.41, 5.74) is 0.531. The first-order valence-corrected chi connectivity index (χ1v) is 12.0. The molecule has 0 amide bonds. The van der Waals surface area contributed by atoms with Gasteiger partial charge >= 0.3 is 5.97 Å². The predicted molar refractivity (Wildman–Crippen MR) is 135 cm³/mol. The van der Waals surface area contributed by atoms with Crippen LogP contribution in [0.1, 0.15) is 26.7 Å². The largest absolute Gasteiger partial charge is 0.497 e. The van der Waals surface area contributed by atoms with Crippen molar-refractivity contribution in [1.29, 1.82) is 0 Å². The number of benzene rings is 2. The number of esters is 1. The van der Waals surface area contributed by atoms with Gasteiger partial charge in [-0.3, -0.25) is 14.2 Å². The van der Waals surface area contributed by atoms with Gasteiger partial charge in [-0.2, -0.15) is 0 Å². The Morgan fingerprint density at radius 1 is 1.00 bits per heavy atom. The molecule has 0 radical (unpaired) electrons. The first kappa shape index (κ1) is 26.2. The third kappa shape index (κ3) is 5.32. The molecule has 1 heterocycles. The number of nitrogens with zero attached hydrogens (tertiary/aromatic N) is 2. The van der Waals surface area contributed by atoms with Crippen LogP contribution in [0.3, 0.4) is 0 Å². The Bertz CT molecular complexity index is 1240. The van der Waals surface area contributed by atoms with Crippen molar-refractivity contribution >= 4 is 28.6 Å². The molecule has 35 heavy (non-hydrogen) atoms. The number of ether oxygens (including phenoxy) is 5. The van der Waals surface area contributed by atoms with Crippen molar-refractivity contribution in [3.05, 3.63) is 40.7 Å². The number of rotatable bonds is 11. The molecule has 9 nitrogen and oxygen atoms in total. The van der Waals surface area contributed by atoms with Gasteiger partial charge in [-0.1, -0.05) is 25.1 Å². The summed E-state index contributed by atoms with van der Waals surface area (Å²) >= 11 is 1.18. The van der Waals surface area contributed by atoms with Crippen LogP contribution in [0.2, 0.25) is 0 Å². The fourth-order valence-electron chi connectivity index (χ4n) is 3.66. The van der Waals surface area contributed by atoms with Gasteiger partial charge in [-0.05, 0) is 43.7 Å². The Morgan fingerprint density at radius 2 is 1.69 bits per heavy atom. The zero-order valence-electron chi connectivity index (χ0n) is 20.7. The van der Waals surface area contributed by atoms with Crippen LogP contribution in [0.15, 0.2) is 40.3 Å². The summed E-state index contributed by atoms with van der Waals surface area (Å²) in [5.74, 6) is 1.23. The van der Waals surface area contributed by atoms with E-state index in [4.69, 9.17) is 28.7 Å². The summed E-state index contributed by atoms with van der Waals surface area (Å²) in [6, 6.07) is 8.61. The summed E-state index contributed by atoms with van der Waals surface area (Å²) in [6.07, 6.45) is 1.31.